The van der Waals surface area contributed by atoms with Crippen molar-refractivity contribution in [2.24, 2.45) is 0 Å². The van der Waals surface area contributed by atoms with Gasteiger partial charge in [0.05, 0.1) is 6.54 Å². The van der Waals surface area contributed by atoms with E-state index in [0.29, 0.717) is 0 Å². The third-order valence-electron chi connectivity index (χ3n) is 1.09. The summed E-state index contributed by atoms with van der Waals surface area (Å²) in [4.78, 5) is 25.6. The Morgan fingerprint density at radius 1 is 1.82 bits per heavy atom. The summed E-state index contributed by atoms with van der Waals surface area (Å²) >= 11 is 0. The number of ether oxygens (including phenoxy) is 1. The Labute approximate surface area is 63.1 Å². The van der Waals surface area contributed by atoms with E-state index in [1.54, 1.807) is 0 Å². The van der Waals surface area contributed by atoms with Crippen molar-refractivity contribution >= 4 is 12.1 Å². The number of cyclic esters (lactones) is 1. The summed E-state index contributed by atoms with van der Waals surface area (Å²) in [5.41, 5.74) is 0. The molecule has 0 bridgehead atoms. The van der Waals surface area contributed by atoms with Crippen LogP contribution in [0.25, 0.3) is 0 Å². The Kier molecular flexibility index (Phi) is 2.10. The summed E-state index contributed by atoms with van der Waals surface area (Å²) in [7, 11) is 0. The lowest BCUT2D eigenvalue weighted by molar-refractivity contribution is -0.167. The van der Waals surface area contributed by atoms with Gasteiger partial charge >= 0.3 is 12.1 Å². The van der Waals surface area contributed by atoms with E-state index in [1.165, 1.54) is 0 Å². The van der Waals surface area contributed by atoms with Crippen molar-refractivity contribution in [3.8, 4) is 0 Å². The molecule has 0 radical (unpaired) electrons. The molecular formula is C6H7NO4. The molecule has 0 aromatic rings. The molecule has 1 rings (SSSR count). The third kappa shape index (κ3) is 1.70. The first-order valence-corrected chi connectivity index (χ1v) is 3.02. The van der Waals surface area contributed by atoms with E-state index in [0.717, 1.165) is 11.1 Å². The van der Waals surface area contributed by atoms with Crippen LogP contribution in [0, 0.1) is 0 Å². The number of hydrogen-bond acceptors (Lipinski definition) is 4. The Morgan fingerprint density at radius 3 is 3.00 bits per heavy atom. The van der Waals surface area contributed by atoms with Crippen molar-refractivity contribution in [2.45, 2.75) is 0 Å². The van der Waals surface area contributed by atoms with Crippen LogP contribution in [0.5, 0.6) is 0 Å². The summed E-state index contributed by atoms with van der Waals surface area (Å²) in [5, 5.41) is 0.851. The van der Waals surface area contributed by atoms with Crippen molar-refractivity contribution in [3.05, 3.63) is 12.7 Å². The van der Waals surface area contributed by atoms with E-state index in [9.17, 15) is 9.59 Å². The average Bonchev–Trinajstić information content (AvgIpc) is 2.37. The number of hydrogen-bond donors (Lipinski definition) is 0. The second kappa shape index (κ2) is 3.05. The molecule has 1 saturated heterocycles. The minimum Gasteiger partial charge on any atom is -0.445 e. The van der Waals surface area contributed by atoms with Crippen molar-refractivity contribution in [2.75, 3.05) is 13.2 Å². The summed E-state index contributed by atoms with van der Waals surface area (Å²) in [6.45, 7) is 3.70. The second-order valence-corrected chi connectivity index (χ2v) is 1.83. The predicted molar refractivity (Wildman–Crippen MR) is 34.3 cm³/mol. The van der Waals surface area contributed by atoms with Crippen LogP contribution in [0.1, 0.15) is 0 Å². The number of amides is 1. The van der Waals surface area contributed by atoms with Crippen molar-refractivity contribution in [3.63, 3.8) is 0 Å². The van der Waals surface area contributed by atoms with Gasteiger partial charge in [-0.3, -0.25) is 0 Å². The first kappa shape index (κ1) is 7.59. The van der Waals surface area contributed by atoms with Gasteiger partial charge in [0, 0.05) is 6.08 Å². The highest BCUT2D eigenvalue weighted by atomic mass is 16.8. The van der Waals surface area contributed by atoms with E-state index in [1.807, 2.05) is 0 Å². The van der Waals surface area contributed by atoms with Crippen LogP contribution in [-0.2, 0) is 14.4 Å². The zero-order valence-electron chi connectivity index (χ0n) is 5.78. The number of carbonyl (C=O) groups is 2. The van der Waals surface area contributed by atoms with Gasteiger partial charge in [-0.15, -0.1) is 5.06 Å². The molecular weight excluding hydrogens is 150 g/mol. The lowest BCUT2D eigenvalue weighted by Gasteiger charge is -2.08. The van der Waals surface area contributed by atoms with E-state index < -0.39 is 12.1 Å². The van der Waals surface area contributed by atoms with Crippen LogP contribution < -0.4 is 0 Å². The van der Waals surface area contributed by atoms with Crippen LogP contribution in [0.2, 0.25) is 0 Å². The molecule has 0 atom stereocenters. The fourth-order valence-corrected chi connectivity index (χ4v) is 0.608. The maximum Gasteiger partial charge on any atom is 0.443 e. The Bertz CT molecular complexity index is 201. The Morgan fingerprint density at radius 2 is 2.55 bits per heavy atom. The summed E-state index contributed by atoms with van der Waals surface area (Å²) in [5.74, 6) is -0.663. The Balaban J connectivity index is 2.42. The minimum atomic E-state index is -0.663. The SMILES string of the molecule is C=CC(=O)ON1CCOC1=O. The second-order valence-electron chi connectivity index (χ2n) is 1.83. The average molecular weight is 157 g/mol. The zero-order chi connectivity index (χ0) is 8.27. The largest absolute Gasteiger partial charge is 0.445 e. The zero-order valence-corrected chi connectivity index (χ0v) is 5.78. The molecule has 5 heteroatoms. The van der Waals surface area contributed by atoms with Gasteiger partial charge in [-0.25, -0.2) is 9.59 Å². The molecule has 0 spiro atoms. The summed E-state index contributed by atoms with van der Waals surface area (Å²) in [6.07, 6.45) is 0.339. The van der Waals surface area contributed by atoms with Gasteiger partial charge in [-0.05, 0) is 0 Å². The molecule has 0 saturated carbocycles. The van der Waals surface area contributed by atoms with Crippen LogP contribution in [0.4, 0.5) is 4.79 Å². The van der Waals surface area contributed by atoms with E-state index >= 15 is 0 Å². The minimum absolute atomic E-state index is 0.253. The molecule has 0 N–H and O–H groups in total. The number of hydroxylamine groups is 2. The van der Waals surface area contributed by atoms with Gasteiger partial charge in [0.1, 0.15) is 6.61 Å². The first-order chi connectivity index (χ1) is 5.24. The fraction of sp³-hybridized carbons (Fsp3) is 0.333. The lowest BCUT2D eigenvalue weighted by Crippen LogP contribution is -2.27. The molecule has 1 aliphatic rings. The molecule has 1 amide bonds. The Hall–Kier alpha value is -1.52. The van der Waals surface area contributed by atoms with Crippen LogP contribution >= 0.6 is 0 Å². The topological polar surface area (TPSA) is 55.8 Å². The van der Waals surface area contributed by atoms with Crippen molar-refractivity contribution < 1.29 is 19.2 Å². The molecule has 5 nitrogen and oxygen atoms in total. The maximum atomic E-state index is 10.6. The molecule has 11 heavy (non-hydrogen) atoms. The highest BCUT2D eigenvalue weighted by Crippen LogP contribution is 2.03. The van der Waals surface area contributed by atoms with E-state index in [2.05, 4.69) is 16.2 Å². The lowest BCUT2D eigenvalue weighted by atomic mass is 10.7. The highest BCUT2D eigenvalue weighted by Gasteiger charge is 2.24. The van der Waals surface area contributed by atoms with E-state index in [-0.39, 0.29) is 13.2 Å². The van der Waals surface area contributed by atoms with Gasteiger partial charge in [-0.2, -0.15) is 0 Å². The summed E-state index contributed by atoms with van der Waals surface area (Å²) in [6, 6.07) is 0. The predicted octanol–water partition coefficient (Wildman–Crippen LogP) is 0.0828. The highest BCUT2D eigenvalue weighted by molar-refractivity contribution is 5.82. The molecule has 0 aromatic carbocycles. The number of carbonyl (C=O) groups excluding carboxylic acids is 2. The van der Waals surface area contributed by atoms with Crippen LogP contribution in [0.15, 0.2) is 12.7 Å². The molecule has 1 heterocycles. The number of rotatable bonds is 2. The maximum absolute atomic E-state index is 10.6. The molecule has 1 aliphatic heterocycles. The standard InChI is InChI=1S/C6H7NO4/c1-2-5(8)11-7-3-4-10-6(7)9/h2H,1,3-4H2. The molecule has 1 fully saturated rings. The van der Waals surface area contributed by atoms with Crippen molar-refractivity contribution in [1.82, 2.24) is 5.06 Å². The molecule has 60 valence electrons. The van der Waals surface area contributed by atoms with Gasteiger partial charge in [-0.1, -0.05) is 6.58 Å². The first-order valence-electron chi connectivity index (χ1n) is 3.02. The smallest absolute Gasteiger partial charge is 0.443 e. The monoisotopic (exact) mass is 157 g/mol. The van der Waals surface area contributed by atoms with E-state index in [4.69, 9.17) is 0 Å². The quantitative estimate of drug-likeness (QED) is 0.533. The molecule has 0 aromatic heterocycles. The van der Waals surface area contributed by atoms with Crippen molar-refractivity contribution in [1.29, 1.82) is 0 Å². The van der Waals surface area contributed by atoms with Gasteiger partial charge in [0.25, 0.3) is 0 Å². The normalized spacial score (nSPS) is 16.0. The molecule has 0 aliphatic carbocycles. The number of nitrogens with zero attached hydrogens (tertiary/aromatic N) is 1. The third-order valence-corrected chi connectivity index (χ3v) is 1.09. The fourth-order valence-electron chi connectivity index (χ4n) is 0.608. The van der Waals surface area contributed by atoms with Crippen LogP contribution in [0.3, 0.4) is 0 Å². The summed E-state index contributed by atoms with van der Waals surface area (Å²) < 4.78 is 4.49. The van der Waals surface area contributed by atoms with Gasteiger partial charge < -0.3 is 9.57 Å². The van der Waals surface area contributed by atoms with Gasteiger partial charge in [0.2, 0.25) is 0 Å². The van der Waals surface area contributed by atoms with Gasteiger partial charge in [0.15, 0.2) is 0 Å². The van der Waals surface area contributed by atoms with Crippen LogP contribution in [-0.4, -0.2) is 30.3 Å². The molecule has 0 unspecified atom stereocenters.